The number of aryl methyl sites for hydroxylation is 2. The Morgan fingerprint density at radius 2 is 2.29 bits per heavy atom. The number of aromatic nitrogens is 3. The van der Waals surface area contributed by atoms with Gasteiger partial charge in [-0.3, -0.25) is 4.68 Å². The minimum absolute atomic E-state index is 0.592. The first-order valence-corrected chi connectivity index (χ1v) is 5.09. The van der Waals surface area contributed by atoms with Gasteiger partial charge in [0.15, 0.2) is 0 Å². The first kappa shape index (κ1) is 9.36. The van der Waals surface area contributed by atoms with Gasteiger partial charge >= 0.3 is 0 Å². The summed E-state index contributed by atoms with van der Waals surface area (Å²) in [5.74, 6) is 0. The fraction of sp³-hybridized carbons (Fsp3) is 0.333. The fourth-order valence-corrected chi connectivity index (χ4v) is 2.11. The van der Waals surface area contributed by atoms with Gasteiger partial charge in [0.25, 0.3) is 0 Å². The molecule has 2 aromatic rings. The SMILES string of the molecule is Cc1ccc(C(O)c2cn(C)nn2)s1. The number of aliphatic hydroxyl groups is 1. The smallest absolute Gasteiger partial charge is 0.134 e. The molecule has 4 nitrogen and oxygen atoms in total. The van der Waals surface area contributed by atoms with Crippen LogP contribution in [0.4, 0.5) is 0 Å². The average molecular weight is 209 g/mol. The van der Waals surface area contributed by atoms with E-state index in [-0.39, 0.29) is 0 Å². The molecule has 2 aromatic heterocycles. The predicted octanol–water partition coefficient (Wildman–Crippen LogP) is 1.27. The van der Waals surface area contributed by atoms with Crippen molar-refractivity contribution in [1.82, 2.24) is 15.0 Å². The normalized spacial score (nSPS) is 13.1. The number of hydrogen-bond acceptors (Lipinski definition) is 4. The summed E-state index contributed by atoms with van der Waals surface area (Å²) in [6, 6.07) is 3.90. The molecule has 0 fully saturated rings. The second-order valence-corrected chi connectivity index (χ2v) is 4.49. The lowest BCUT2D eigenvalue weighted by Crippen LogP contribution is -1.97. The zero-order valence-electron chi connectivity index (χ0n) is 8.01. The second-order valence-electron chi connectivity index (χ2n) is 3.17. The number of nitrogens with zero attached hydrogens (tertiary/aromatic N) is 3. The van der Waals surface area contributed by atoms with Crippen LogP contribution in [-0.4, -0.2) is 20.1 Å². The molecule has 0 spiro atoms. The minimum atomic E-state index is -0.651. The molecule has 1 N–H and O–H groups in total. The highest BCUT2D eigenvalue weighted by Crippen LogP contribution is 2.26. The van der Waals surface area contributed by atoms with E-state index in [2.05, 4.69) is 10.3 Å². The van der Waals surface area contributed by atoms with Crippen LogP contribution < -0.4 is 0 Å². The molecule has 0 aliphatic carbocycles. The molecule has 0 bridgehead atoms. The standard InChI is InChI=1S/C9H11N3OS/c1-6-3-4-8(14-6)9(13)7-5-12(2)11-10-7/h3-5,9,13H,1-2H3. The predicted molar refractivity (Wildman–Crippen MR) is 54.1 cm³/mol. The Morgan fingerprint density at radius 1 is 1.50 bits per heavy atom. The Kier molecular flexibility index (Phi) is 2.35. The zero-order valence-corrected chi connectivity index (χ0v) is 8.82. The molecule has 0 aliphatic heterocycles. The van der Waals surface area contributed by atoms with Gasteiger partial charge in [-0.2, -0.15) is 0 Å². The van der Waals surface area contributed by atoms with Crippen LogP contribution in [0.2, 0.25) is 0 Å². The largest absolute Gasteiger partial charge is 0.381 e. The third-order valence-corrected chi connectivity index (χ3v) is 2.98. The van der Waals surface area contributed by atoms with E-state index in [1.165, 1.54) is 4.88 Å². The maximum Gasteiger partial charge on any atom is 0.134 e. The van der Waals surface area contributed by atoms with E-state index in [4.69, 9.17) is 0 Å². The van der Waals surface area contributed by atoms with Crippen molar-refractivity contribution in [2.24, 2.45) is 7.05 Å². The van der Waals surface area contributed by atoms with Gasteiger partial charge in [-0.25, -0.2) is 0 Å². The lowest BCUT2D eigenvalue weighted by atomic mass is 10.2. The van der Waals surface area contributed by atoms with Crippen LogP contribution >= 0.6 is 11.3 Å². The number of aliphatic hydroxyl groups excluding tert-OH is 1. The number of rotatable bonds is 2. The Balaban J connectivity index is 2.28. The van der Waals surface area contributed by atoms with Gasteiger partial charge in [0.1, 0.15) is 11.8 Å². The Morgan fingerprint density at radius 3 is 2.79 bits per heavy atom. The molecule has 1 unspecified atom stereocenters. The molecule has 2 rings (SSSR count). The van der Waals surface area contributed by atoms with Crippen LogP contribution in [-0.2, 0) is 7.05 Å². The second kappa shape index (κ2) is 3.51. The van der Waals surface area contributed by atoms with Gasteiger partial charge < -0.3 is 5.11 Å². The molecular formula is C9H11N3OS. The monoisotopic (exact) mass is 209 g/mol. The molecule has 0 aliphatic rings. The molecule has 5 heteroatoms. The van der Waals surface area contributed by atoms with Crippen LogP contribution in [0.1, 0.15) is 21.6 Å². The van der Waals surface area contributed by atoms with Crippen LogP contribution in [0, 0.1) is 6.92 Å². The lowest BCUT2D eigenvalue weighted by Gasteiger charge is -2.02. The summed E-state index contributed by atoms with van der Waals surface area (Å²) in [7, 11) is 1.78. The van der Waals surface area contributed by atoms with Crippen molar-refractivity contribution in [1.29, 1.82) is 0 Å². The van der Waals surface area contributed by atoms with Crippen molar-refractivity contribution in [3.8, 4) is 0 Å². The first-order valence-electron chi connectivity index (χ1n) is 4.27. The molecule has 74 valence electrons. The van der Waals surface area contributed by atoms with Crippen LogP contribution in [0.3, 0.4) is 0 Å². The van der Waals surface area contributed by atoms with Gasteiger partial charge in [0.05, 0.1) is 6.20 Å². The van der Waals surface area contributed by atoms with Crippen molar-refractivity contribution in [3.05, 3.63) is 33.8 Å². The zero-order chi connectivity index (χ0) is 10.1. The summed E-state index contributed by atoms with van der Waals surface area (Å²) >= 11 is 1.57. The molecule has 0 aromatic carbocycles. The Bertz CT molecular complexity index is 394. The van der Waals surface area contributed by atoms with Crippen molar-refractivity contribution in [3.63, 3.8) is 0 Å². The highest BCUT2D eigenvalue weighted by molar-refractivity contribution is 7.12. The maximum absolute atomic E-state index is 9.91. The van der Waals surface area contributed by atoms with Crippen LogP contribution in [0.15, 0.2) is 18.3 Å². The molecule has 2 heterocycles. The van der Waals surface area contributed by atoms with Crippen molar-refractivity contribution in [2.75, 3.05) is 0 Å². The molecule has 0 amide bonds. The minimum Gasteiger partial charge on any atom is -0.381 e. The summed E-state index contributed by atoms with van der Waals surface area (Å²) in [5.41, 5.74) is 0.592. The van der Waals surface area contributed by atoms with E-state index < -0.39 is 6.10 Å². The Labute approximate surface area is 85.8 Å². The third kappa shape index (κ3) is 1.69. The first-order chi connectivity index (χ1) is 6.66. The van der Waals surface area contributed by atoms with E-state index in [1.54, 1.807) is 29.3 Å². The number of hydrogen-bond donors (Lipinski definition) is 1. The summed E-state index contributed by atoms with van der Waals surface area (Å²) < 4.78 is 1.58. The quantitative estimate of drug-likeness (QED) is 0.810. The summed E-state index contributed by atoms with van der Waals surface area (Å²) in [6.07, 6.45) is 1.07. The molecule has 0 saturated carbocycles. The highest BCUT2D eigenvalue weighted by Gasteiger charge is 2.15. The van der Waals surface area contributed by atoms with Crippen LogP contribution in [0.5, 0.6) is 0 Å². The van der Waals surface area contributed by atoms with Gasteiger partial charge in [-0.15, -0.1) is 16.4 Å². The van der Waals surface area contributed by atoms with E-state index in [0.29, 0.717) is 5.69 Å². The third-order valence-electron chi connectivity index (χ3n) is 1.93. The number of thiophene rings is 1. The summed E-state index contributed by atoms with van der Waals surface area (Å²) in [6.45, 7) is 2.01. The summed E-state index contributed by atoms with van der Waals surface area (Å²) in [4.78, 5) is 2.09. The molecule has 14 heavy (non-hydrogen) atoms. The molecule has 1 atom stereocenters. The lowest BCUT2D eigenvalue weighted by molar-refractivity contribution is 0.219. The summed E-state index contributed by atoms with van der Waals surface area (Å²) in [5, 5.41) is 17.6. The topological polar surface area (TPSA) is 50.9 Å². The van der Waals surface area contributed by atoms with Gasteiger partial charge in [0.2, 0.25) is 0 Å². The van der Waals surface area contributed by atoms with Gasteiger partial charge in [-0.1, -0.05) is 5.21 Å². The maximum atomic E-state index is 9.91. The highest BCUT2D eigenvalue weighted by atomic mass is 32.1. The fourth-order valence-electron chi connectivity index (χ4n) is 1.24. The molecule has 0 radical (unpaired) electrons. The van der Waals surface area contributed by atoms with Crippen molar-refractivity contribution in [2.45, 2.75) is 13.0 Å². The van der Waals surface area contributed by atoms with E-state index in [1.807, 2.05) is 19.1 Å². The van der Waals surface area contributed by atoms with E-state index >= 15 is 0 Å². The molecular weight excluding hydrogens is 198 g/mol. The van der Waals surface area contributed by atoms with Crippen molar-refractivity contribution < 1.29 is 5.11 Å². The van der Waals surface area contributed by atoms with E-state index in [9.17, 15) is 5.11 Å². The van der Waals surface area contributed by atoms with Gasteiger partial charge in [-0.05, 0) is 19.1 Å². The Hall–Kier alpha value is -1.20. The van der Waals surface area contributed by atoms with Crippen LogP contribution in [0.25, 0.3) is 0 Å². The van der Waals surface area contributed by atoms with E-state index in [0.717, 1.165) is 4.88 Å². The van der Waals surface area contributed by atoms with Gasteiger partial charge in [0, 0.05) is 16.8 Å². The average Bonchev–Trinajstić information content (AvgIpc) is 2.73. The van der Waals surface area contributed by atoms with Crippen molar-refractivity contribution >= 4 is 11.3 Å². The molecule has 0 saturated heterocycles.